The van der Waals surface area contributed by atoms with E-state index < -0.39 is 5.97 Å². The first kappa shape index (κ1) is 18.5. The second kappa shape index (κ2) is 8.38. The van der Waals surface area contributed by atoms with Crippen molar-refractivity contribution in [2.24, 2.45) is 0 Å². The molecular formula is C20H16BrNO3S. The van der Waals surface area contributed by atoms with Crippen molar-refractivity contribution in [1.82, 2.24) is 0 Å². The molecule has 0 spiro atoms. The van der Waals surface area contributed by atoms with Crippen LogP contribution in [0.2, 0.25) is 0 Å². The van der Waals surface area contributed by atoms with Gasteiger partial charge in [0.25, 0.3) is 0 Å². The quantitative estimate of drug-likeness (QED) is 0.566. The number of carbonyl (C=O) groups excluding carboxylic acids is 1. The number of nitrogens with one attached hydrogen (secondary N) is 1. The molecule has 0 aliphatic heterocycles. The monoisotopic (exact) mass is 429 g/mol. The molecule has 0 atom stereocenters. The number of carboxylic acids is 1. The van der Waals surface area contributed by atoms with Gasteiger partial charge in [-0.2, -0.15) is 0 Å². The number of benzene rings is 3. The summed E-state index contributed by atoms with van der Waals surface area (Å²) < 4.78 is 0.651. The molecule has 6 heteroatoms. The Balaban J connectivity index is 1.58. The van der Waals surface area contributed by atoms with Crippen LogP contribution in [0.4, 0.5) is 5.69 Å². The second-order valence-corrected chi connectivity index (χ2v) is 7.62. The number of rotatable bonds is 6. The van der Waals surface area contributed by atoms with Crippen molar-refractivity contribution in [3.05, 3.63) is 76.3 Å². The summed E-state index contributed by atoms with van der Waals surface area (Å²) in [6, 6.07) is 19.2. The molecule has 26 heavy (non-hydrogen) atoms. The van der Waals surface area contributed by atoms with Crippen molar-refractivity contribution in [1.29, 1.82) is 0 Å². The summed E-state index contributed by atoms with van der Waals surface area (Å²) >= 11 is 4.73. The van der Waals surface area contributed by atoms with Crippen molar-refractivity contribution < 1.29 is 14.7 Å². The van der Waals surface area contributed by atoms with E-state index in [-0.39, 0.29) is 17.2 Å². The zero-order valence-corrected chi connectivity index (χ0v) is 16.1. The Labute approximate surface area is 163 Å². The fourth-order valence-electron chi connectivity index (χ4n) is 2.58. The molecule has 0 bridgehead atoms. The topological polar surface area (TPSA) is 66.4 Å². The molecule has 0 aliphatic rings. The number of hydrogen-bond donors (Lipinski definition) is 2. The van der Waals surface area contributed by atoms with Crippen LogP contribution in [-0.4, -0.2) is 22.7 Å². The van der Waals surface area contributed by atoms with Crippen LogP contribution in [-0.2, 0) is 10.5 Å². The van der Waals surface area contributed by atoms with Crippen LogP contribution in [0.3, 0.4) is 0 Å². The third-order valence-electron chi connectivity index (χ3n) is 3.80. The largest absolute Gasteiger partial charge is 0.478 e. The minimum absolute atomic E-state index is 0.0623. The Bertz CT molecular complexity index is 974. The van der Waals surface area contributed by atoms with Gasteiger partial charge in [-0.25, -0.2) is 4.79 Å². The lowest BCUT2D eigenvalue weighted by Crippen LogP contribution is -2.16. The minimum Gasteiger partial charge on any atom is -0.478 e. The summed E-state index contributed by atoms with van der Waals surface area (Å²) in [5.41, 5.74) is 1.51. The fraction of sp³-hybridized carbons (Fsp3) is 0.100. The third-order valence-corrected chi connectivity index (χ3v) is 5.30. The fourth-order valence-corrected chi connectivity index (χ4v) is 3.71. The molecule has 0 heterocycles. The van der Waals surface area contributed by atoms with Crippen molar-refractivity contribution in [3.8, 4) is 0 Å². The molecule has 0 unspecified atom stereocenters. The number of carbonyl (C=O) groups is 2. The Morgan fingerprint density at radius 3 is 2.54 bits per heavy atom. The number of halogens is 1. The molecule has 2 N–H and O–H groups in total. The summed E-state index contributed by atoms with van der Waals surface area (Å²) in [6.45, 7) is 0. The van der Waals surface area contributed by atoms with Crippen LogP contribution in [0.15, 0.2) is 65.1 Å². The van der Waals surface area contributed by atoms with Gasteiger partial charge in [-0.15, -0.1) is 11.8 Å². The standard InChI is InChI=1S/C20H16BrNO3S/c21-16-7-8-18(17(10-16)20(24)25)22-19(23)12-26-11-13-5-6-14-3-1-2-4-15(14)9-13/h1-10H,11-12H2,(H,22,23)(H,24,25). The molecule has 3 aromatic carbocycles. The van der Waals surface area contributed by atoms with E-state index in [2.05, 4.69) is 51.6 Å². The molecule has 1 amide bonds. The summed E-state index contributed by atoms with van der Waals surface area (Å²) in [4.78, 5) is 23.4. The number of hydrogen-bond acceptors (Lipinski definition) is 3. The van der Waals surface area contributed by atoms with E-state index in [0.717, 1.165) is 5.56 Å². The molecule has 0 radical (unpaired) electrons. The second-order valence-electron chi connectivity index (χ2n) is 5.72. The van der Waals surface area contributed by atoms with Crippen molar-refractivity contribution >= 4 is 56.0 Å². The summed E-state index contributed by atoms with van der Waals surface area (Å²) in [5, 5.41) is 14.3. The lowest BCUT2D eigenvalue weighted by molar-refractivity contribution is -0.113. The normalized spacial score (nSPS) is 10.7. The van der Waals surface area contributed by atoms with E-state index in [1.165, 1.54) is 28.6 Å². The van der Waals surface area contributed by atoms with Gasteiger partial charge in [0.05, 0.1) is 17.0 Å². The van der Waals surface area contributed by atoms with E-state index in [0.29, 0.717) is 15.9 Å². The van der Waals surface area contributed by atoms with Crippen LogP contribution in [0.1, 0.15) is 15.9 Å². The summed E-state index contributed by atoms with van der Waals surface area (Å²) in [5.74, 6) is -0.335. The first-order chi connectivity index (χ1) is 12.5. The smallest absolute Gasteiger partial charge is 0.337 e. The van der Waals surface area contributed by atoms with Gasteiger partial charge in [-0.1, -0.05) is 58.4 Å². The number of fused-ring (bicyclic) bond motifs is 1. The molecule has 0 fully saturated rings. The van der Waals surface area contributed by atoms with Gasteiger partial charge in [-0.3, -0.25) is 4.79 Å². The van der Waals surface area contributed by atoms with Gasteiger partial charge in [0, 0.05) is 10.2 Å². The van der Waals surface area contributed by atoms with Gasteiger partial charge in [-0.05, 0) is 34.5 Å². The van der Waals surface area contributed by atoms with Gasteiger partial charge >= 0.3 is 5.97 Å². The molecular weight excluding hydrogens is 414 g/mol. The molecule has 0 saturated carbocycles. The highest BCUT2D eigenvalue weighted by Crippen LogP contribution is 2.22. The van der Waals surface area contributed by atoms with Gasteiger partial charge in [0.15, 0.2) is 0 Å². The highest BCUT2D eigenvalue weighted by Gasteiger charge is 2.13. The van der Waals surface area contributed by atoms with Crippen molar-refractivity contribution in [3.63, 3.8) is 0 Å². The SMILES string of the molecule is O=C(CSCc1ccc2ccccc2c1)Nc1ccc(Br)cc1C(=O)O. The summed E-state index contributed by atoms with van der Waals surface area (Å²) in [6.07, 6.45) is 0. The first-order valence-electron chi connectivity index (χ1n) is 7.91. The van der Waals surface area contributed by atoms with Crippen LogP contribution in [0.25, 0.3) is 10.8 Å². The average Bonchev–Trinajstić information content (AvgIpc) is 2.63. The van der Waals surface area contributed by atoms with Crippen molar-refractivity contribution in [2.45, 2.75) is 5.75 Å². The Kier molecular flexibility index (Phi) is 5.96. The van der Waals surface area contributed by atoms with Gasteiger partial charge in [0.1, 0.15) is 0 Å². The Morgan fingerprint density at radius 1 is 1.00 bits per heavy atom. The molecule has 4 nitrogen and oxygen atoms in total. The van der Waals surface area contributed by atoms with E-state index in [1.807, 2.05) is 12.1 Å². The Morgan fingerprint density at radius 2 is 1.77 bits per heavy atom. The van der Waals surface area contributed by atoms with Gasteiger partial charge in [0.2, 0.25) is 5.91 Å². The van der Waals surface area contributed by atoms with E-state index in [9.17, 15) is 14.7 Å². The van der Waals surface area contributed by atoms with Crippen LogP contribution in [0.5, 0.6) is 0 Å². The zero-order valence-electron chi connectivity index (χ0n) is 13.7. The van der Waals surface area contributed by atoms with E-state index >= 15 is 0 Å². The van der Waals surface area contributed by atoms with Crippen LogP contribution >= 0.6 is 27.7 Å². The van der Waals surface area contributed by atoms with Crippen LogP contribution < -0.4 is 5.32 Å². The highest BCUT2D eigenvalue weighted by molar-refractivity contribution is 9.10. The Hall–Kier alpha value is -2.31. The molecule has 0 aliphatic carbocycles. The third kappa shape index (κ3) is 4.65. The maximum atomic E-state index is 12.1. The molecule has 3 rings (SSSR count). The maximum absolute atomic E-state index is 12.1. The molecule has 132 valence electrons. The lowest BCUT2D eigenvalue weighted by atomic mass is 10.1. The number of aromatic carboxylic acids is 1. The predicted molar refractivity (Wildman–Crippen MR) is 110 cm³/mol. The number of thioether (sulfide) groups is 1. The molecule has 0 aromatic heterocycles. The highest BCUT2D eigenvalue weighted by atomic mass is 79.9. The number of amides is 1. The van der Waals surface area contributed by atoms with E-state index in [1.54, 1.807) is 12.1 Å². The lowest BCUT2D eigenvalue weighted by Gasteiger charge is -2.09. The predicted octanol–water partition coefficient (Wildman–Crippen LogP) is 5.17. The maximum Gasteiger partial charge on any atom is 0.337 e. The first-order valence-corrected chi connectivity index (χ1v) is 9.86. The zero-order chi connectivity index (χ0) is 18.5. The summed E-state index contributed by atoms with van der Waals surface area (Å²) in [7, 11) is 0. The number of anilines is 1. The van der Waals surface area contributed by atoms with Crippen LogP contribution in [0, 0.1) is 0 Å². The van der Waals surface area contributed by atoms with E-state index in [4.69, 9.17) is 0 Å². The van der Waals surface area contributed by atoms with Crippen molar-refractivity contribution in [2.75, 3.05) is 11.1 Å². The average molecular weight is 430 g/mol. The molecule has 0 saturated heterocycles. The van der Waals surface area contributed by atoms with Gasteiger partial charge < -0.3 is 10.4 Å². The molecule has 3 aromatic rings. The minimum atomic E-state index is -1.08. The number of carboxylic acid groups (broad SMARTS) is 1.